The van der Waals surface area contributed by atoms with Crippen molar-refractivity contribution >= 4 is 0 Å². The first-order valence-electron chi connectivity index (χ1n) is 7.98. The average Bonchev–Trinajstić information content (AvgIpc) is 2.92. The molecular weight excluding hydrogens is 234 g/mol. The number of nitrogens with one attached hydrogen (secondary N) is 1. The van der Waals surface area contributed by atoms with Crippen molar-refractivity contribution in [1.29, 1.82) is 0 Å². The molecular formula is C16H27N3. The molecule has 1 N–H and O–H groups in total. The van der Waals surface area contributed by atoms with Gasteiger partial charge in [-0.1, -0.05) is 13.8 Å². The highest BCUT2D eigenvalue weighted by molar-refractivity contribution is 5.10. The van der Waals surface area contributed by atoms with Gasteiger partial charge in [0.15, 0.2) is 0 Å². The minimum atomic E-state index is 0.672. The predicted molar refractivity (Wildman–Crippen MR) is 78.3 cm³/mol. The van der Waals surface area contributed by atoms with E-state index in [1.54, 1.807) is 0 Å². The van der Waals surface area contributed by atoms with E-state index in [4.69, 9.17) is 0 Å². The summed E-state index contributed by atoms with van der Waals surface area (Å²) in [6.45, 7) is 7.13. The van der Waals surface area contributed by atoms with Gasteiger partial charge in [-0.05, 0) is 50.5 Å². The molecule has 0 amide bonds. The molecule has 19 heavy (non-hydrogen) atoms. The van der Waals surface area contributed by atoms with Gasteiger partial charge in [-0.3, -0.25) is 0 Å². The van der Waals surface area contributed by atoms with Crippen molar-refractivity contribution in [2.75, 3.05) is 13.1 Å². The van der Waals surface area contributed by atoms with Crippen LogP contribution in [0.15, 0.2) is 12.5 Å². The van der Waals surface area contributed by atoms with E-state index in [-0.39, 0.29) is 0 Å². The van der Waals surface area contributed by atoms with Crippen molar-refractivity contribution in [1.82, 2.24) is 14.9 Å². The Bertz CT molecular complexity index is 406. The first-order chi connectivity index (χ1) is 9.25. The lowest BCUT2D eigenvalue weighted by molar-refractivity contribution is 0.206. The molecule has 4 unspecified atom stereocenters. The molecule has 1 aliphatic carbocycles. The first-order valence-corrected chi connectivity index (χ1v) is 7.98. The SMILES string of the molecule is CC1CCC(n2cncc2C2CCCNC2)CC1C. The number of imidazole rings is 1. The number of hydrogen-bond donors (Lipinski definition) is 1. The highest BCUT2D eigenvalue weighted by atomic mass is 15.1. The van der Waals surface area contributed by atoms with Crippen LogP contribution < -0.4 is 5.32 Å². The lowest BCUT2D eigenvalue weighted by Gasteiger charge is -2.35. The third-order valence-electron chi connectivity index (χ3n) is 5.38. The average molecular weight is 261 g/mol. The van der Waals surface area contributed by atoms with Crippen LogP contribution in [0.5, 0.6) is 0 Å². The Morgan fingerprint density at radius 3 is 2.84 bits per heavy atom. The lowest BCUT2D eigenvalue weighted by atomic mass is 9.79. The summed E-state index contributed by atoms with van der Waals surface area (Å²) in [6.07, 6.45) is 10.8. The third-order valence-corrected chi connectivity index (χ3v) is 5.38. The number of rotatable bonds is 2. The molecule has 0 bridgehead atoms. The highest BCUT2D eigenvalue weighted by Crippen LogP contribution is 2.38. The van der Waals surface area contributed by atoms with Crippen molar-refractivity contribution < 1.29 is 0 Å². The quantitative estimate of drug-likeness (QED) is 0.885. The molecule has 2 heterocycles. The normalized spacial score (nSPS) is 36.3. The fourth-order valence-electron chi connectivity index (χ4n) is 3.81. The highest BCUT2D eigenvalue weighted by Gasteiger charge is 2.28. The summed E-state index contributed by atoms with van der Waals surface area (Å²) in [4.78, 5) is 4.45. The van der Waals surface area contributed by atoms with Gasteiger partial charge in [-0.25, -0.2) is 4.98 Å². The van der Waals surface area contributed by atoms with Gasteiger partial charge in [-0.15, -0.1) is 0 Å². The Morgan fingerprint density at radius 1 is 1.21 bits per heavy atom. The maximum atomic E-state index is 4.45. The molecule has 0 spiro atoms. The predicted octanol–water partition coefficient (Wildman–Crippen LogP) is 3.35. The number of hydrogen-bond acceptors (Lipinski definition) is 2. The van der Waals surface area contributed by atoms with Crippen LogP contribution >= 0.6 is 0 Å². The molecule has 4 atom stereocenters. The minimum Gasteiger partial charge on any atom is -0.331 e. The van der Waals surface area contributed by atoms with Crippen LogP contribution in [0.4, 0.5) is 0 Å². The van der Waals surface area contributed by atoms with Crippen LogP contribution in [0.3, 0.4) is 0 Å². The Hall–Kier alpha value is -0.830. The van der Waals surface area contributed by atoms with Crippen LogP contribution in [0, 0.1) is 11.8 Å². The van der Waals surface area contributed by atoms with Gasteiger partial charge in [0.25, 0.3) is 0 Å². The maximum Gasteiger partial charge on any atom is 0.0950 e. The van der Waals surface area contributed by atoms with E-state index in [9.17, 15) is 0 Å². The second kappa shape index (κ2) is 5.66. The molecule has 1 saturated carbocycles. The summed E-state index contributed by atoms with van der Waals surface area (Å²) in [6, 6.07) is 0.686. The summed E-state index contributed by atoms with van der Waals surface area (Å²) >= 11 is 0. The molecule has 1 aromatic heterocycles. The van der Waals surface area contributed by atoms with Crippen LogP contribution in [0.2, 0.25) is 0 Å². The second-order valence-electron chi connectivity index (χ2n) is 6.69. The molecule has 3 rings (SSSR count). The van der Waals surface area contributed by atoms with E-state index in [1.807, 2.05) is 0 Å². The summed E-state index contributed by atoms with van der Waals surface area (Å²) in [7, 11) is 0. The van der Waals surface area contributed by atoms with Gasteiger partial charge < -0.3 is 9.88 Å². The van der Waals surface area contributed by atoms with E-state index >= 15 is 0 Å². The third kappa shape index (κ3) is 2.71. The van der Waals surface area contributed by atoms with Gasteiger partial charge in [-0.2, -0.15) is 0 Å². The number of nitrogens with zero attached hydrogens (tertiary/aromatic N) is 2. The molecule has 2 fully saturated rings. The van der Waals surface area contributed by atoms with Gasteiger partial charge in [0.1, 0.15) is 0 Å². The molecule has 3 nitrogen and oxygen atoms in total. The topological polar surface area (TPSA) is 29.9 Å². The maximum absolute atomic E-state index is 4.45. The van der Waals surface area contributed by atoms with Crippen LogP contribution in [-0.4, -0.2) is 22.6 Å². The van der Waals surface area contributed by atoms with Gasteiger partial charge in [0.05, 0.1) is 6.33 Å². The van der Waals surface area contributed by atoms with Crippen molar-refractivity contribution in [3.8, 4) is 0 Å². The smallest absolute Gasteiger partial charge is 0.0950 e. The van der Waals surface area contributed by atoms with Gasteiger partial charge >= 0.3 is 0 Å². The zero-order valence-electron chi connectivity index (χ0n) is 12.3. The van der Waals surface area contributed by atoms with E-state index in [2.05, 4.69) is 41.2 Å². The number of piperidine rings is 1. The van der Waals surface area contributed by atoms with E-state index in [1.165, 1.54) is 44.3 Å². The Balaban J connectivity index is 1.76. The molecule has 1 saturated heterocycles. The van der Waals surface area contributed by atoms with Crippen molar-refractivity contribution in [2.45, 2.75) is 57.9 Å². The van der Waals surface area contributed by atoms with Crippen LogP contribution in [0.1, 0.15) is 63.6 Å². The van der Waals surface area contributed by atoms with Crippen molar-refractivity contribution in [3.63, 3.8) is 0 Å². The zero-order chi connectivity index (χ0) is 13.2. The van der Waals surface area contributed by atoms with E-state index in [0.717, 1.165) is 18.4 Å². The minimum absolute atomic E-state index is 0.672. The van der Waals surface area contributed by atoms with Gasteiger partial charge in [0, 0.05) is 30.4 Å². The van der Waals surface area contributed by atoms with E-state index in [0.29, 0.717) is 12.0 Å². The van der Waals surface area contributed by atoms with Crippen LogP contribution in [0.25, 0.3) is 0 Å². The summed E-state index contributed by atoms with van der Waals surface area (Å²) in [5.74, 6) is 2.41. The molecule has 0 radical (unpaired) electrons. The molecule has 2 aliphatic rings. The standard InChI is InChI=1S/C16H27N3/c1-12-5-6-15(8-13(12)2)19-11-18-10-16(19)14-4-3-7-17-9-14/h10-15,17H,3-9H2,1-2H3. The first kappa shape index (κ1) is 13.2. The fourth-order valence-corrected chi connectivity index (χ4v) is 3.81. The lowest BCUT2D eigenvalue weighted by Crippen LogP contribution is -2.31. The van der Waals surface area contributed by atoms with Gasteiger partial charge in [0.2, 0.25) is 0 Å². The molecule has 0 aromatic carbocycles. The molecule has 3 heteroatoms. The molecule has 106 valence electrons. The Morgan fingerprint density at radius 2 is 2.11 bits per heavy atom. The molecule has 1 aliphatic heterocycles. The largest absolute Gasteiger partial charge is 0.331 e. The van der Waals surface area contributed by atoms with Crippen molar-refractivity contribution in [2.24, 2.45) is 11.8 Å². The van der Waals surface area contributed by atoms with E-state index < -0.39 is 0 Å². The monoisotopic (exact) mass is 261 g/mol. The Labute approximate surface area is 116 Å². The number of aromatic nitrogens is 2. The van der Waals surface area contributed by atoms with Crippen LogP contribution in [-0.2, 0) is 0 Å². The fraction of sp³-hybridized carbons (Fsp3) is 0.812. The zero-order valence-corrected chi connectivity index (χ0v) is 12.3. The second-order valence-corrected chi connectivity index (χ2v) is 6.69. The summed E-state index contributed by atoms with van der Waals surface area (Å²) < 4.78 is 2.50. The Kier molecular flexibility index (Phi) is 3.92. The summed E-state index contributed by atoms with van der Waals surface area (Å²) in [5, 5.41) is 3.53. The summed E-state index contributed by atoms with van der Waals surface area (Å²) in [5.41, 5.74) is 1.47. The molecule has 1 aromatic rings. The van der Waals surface area contributed by atoms with Crippen molar-refractivity contribution in [3.05, 3.63) is 18.2 Å².